The average Bonchev–Trinajstić information content (AvgIpc) is 2.59. The van der Waals surface area contributed by atoms with Gasteiger partial charge in [0, 0.05) is 44.3 Å². The predicted molar refractivity (Wildman–Crippen MR) is 88.3 cm³/mol. The molecule has 0 unspecified atom stereocenters. The Morgan fingerprint density at radius 1 is 0.913 bits per heavy atom. The highest BCUT2D eigenvalue weighted by atomic mass is 16.2. The van der Waals surface area contributed by atoms with Crippen LogP contribution in [0.4, 0.5) is 0 Å². The summed E-state index contributed by atoms with van der Waals surface area (Å²) in [7, 11) is 0. The fraction of sp³-hybridized carbons (Fsp3) is 0.316. The standard InChI is InChI=1S/C19H19NO3/c21-17-9-11-20(12-10-17)19(23)8-7-18(22)16-6-5-14-3-1-2-4-15(14)13-16/h1-6,13H,7-12H2. The number of carbonyl (C=O) groups excluding carboxylic acids is 3. The molecular weight excluding hydrogens is 290 g/mol. The first-order valence-corrected chi connectivity index (χ1v) is 7.95. The lowest BCUT2D eigenvalue weighted by Gasteiger charge is -2.25. The van der Waals surface area contributed by atoms with Crippen LogP contribution in [0.25, 0.3) is 10.8 Å². The predicted octanol–water partition coefficient (Wildman–Crippen LogP) is 2.99. The Balaban J connectivity index is 1.59. The number of benzene rings is 2. The van der Waals surface area contributed by atoms with E-state index in [-0.39, 0.29) is 30.3 Å². The molecule has 118 valence electrons. The fourth-order valence-electron chi connectivity index (χ4n) is 2.89. The number of fused-ring (bicyclic) bond motifs is 1. The van der Waals surface area contributed by atoms with E-state index < -0.39 is 0 Å². The molecule has 1 fully saturated rings. The van der Waals surface area contributed by atoms with Crippen LogP contribution in [0.1, 0.15) is 36.0 Å². The lowest BCUT2D eigenvalue weighted by molar-refractivity contribution is -0.134. The molecule has 0 aliphatic carbocycles. The molecule has 1 saturated heterocycles. The topological polar surface area (TPSA) is 54.5 Å². The summed E-state index contributed by atoms with van der Waals surface area (Å²) in [4.78, 5) is 37.3. The van der Waals surface area contributed by atoms with Gasteiger partial charge in [0.15, 0.2) is 5.78 Å². The highest BCUT2D eigenvalue weighted by Crippen LogP contribution is 2.17. The van der Waals surface area contributed by atoms with E-state index in [0.29, 0.717) is 31.5 Å². The van der Waals surface area contributed by atoms with E-state index in [1.54, 1.807) is 4.90 Å². The molecule has 0 atom stereocenters. The molecule has 0 spiro atoms. The van der Waals surface area contributed by atoms with Crippen molar-refractivity contribution in [1.29, 1.82) is 0 Å². The second-order valence-corrected chi connectivity index (χ2v) is 5.90. The number of carbonyl (C=O) groups is 3. The first kappa shape index (κ1) is 15.4. The molecule has 1 heterocycles. The summed E-state index contributed by atoms with van der Waals surface area (Å²) in [5.41, 5.74) is 0.644. The molecule has 3 rings (SSSR count). The zero-order valence-corrected chi connectivity index (χ0v) is 13.0. The summed E-state index contributed by atoms with van der Waals surface area (Å²) in [6, 6.07) is 13.5. The molecule has 0 bridgehead atoms. The third-order valence-electron chi connectivity index (χ3n) is 4.31. The van der Waals surface area contributed by atoms with Gasteiger partial charge in [-0.2, -0.15) is 0 Å². The summed E-state index contributed by atoms with van der Waals surface area (Å²) in [5, 5.41) is 2.12. The Bertz CT molecular complexity index is 756. The van der Waals surface area contributed by atoms with Gasteiger partial charge in [0.25, 0.3) is 0 Å². The van der Waals surface area contributed by atoms with Gasteiger partial charge in [0.05, 0.1) is 0 Å². The minimum atomic E-state index is -0.0355. The van der Waals surface area contributed by atoms with Gasteiger partial charge < -0.3 is 4.90 Å². The van der Waals surface area contributed by atoms with Crippen LogP contribution in [0, 0.1) is 0 Å². The maximum absolute atomic E-state index is 12.3. The zero-order chi connectivity index (χ0) is 16.2. The minimum absolute atomic E-state index is 0.0165. The van der Waals surface area contributed by atoms with Crippen molar-refractivity contribution in [1.82, 2.24) is 4.90 Å². The molecule has 0 N–H and O–H groups in total. The van der Waals surface area contributed by atoms with Gasteiger partial charge in [-0.05, 0) is 16.8 Å². The Morgan fingerprint density at radius 3 is 2.35 bits per heavy atom. The highest BCUT2D eigenvalue weighted by Gasteiger charge is 2.21. The monoisotopic (exact) mass is 309 g/mol. The van der Waals surface area contributed by atoms with Crippen molar-refractivity contribution in [2.45, 2.75) is 25.7 Å². The lowest BCUT2D eigenvalue weighted by atomic mass is 10.0. The molecule has 0 radical (unpaired) electrons. The van der Waals surface area contributed by atoms with Gasteiger partial charge in [-0.25, -0.2) is 0 Å². The van der Waals surface area contributed by atoms with Crippen molar-refractivity contribution in [3.63, 3.8) is 0 Å². The van der Waals surface area contributed by atoms with Crippen molar-refractivity contribution >= 4 is 28.2 Å². The van der Waals surface area contributed by atoms with E-state index >= 15 is 0 Å². The zero-order valence-electron chi connectivity index (χ0n) is 13.0. The molecule has 2 aromatic rings. The van der Waals surface area contributed by atoms with E-state index in [9.17, 15) is 14.4 Å². The number of ketones is 2. The van der Waals surface area contributed by atoms with Crippen LogP contribution in [0.2, 0.25) is 0 Å². The van der Waals surface area contributed by atoms with Crippen LogP contribution >= 0.6 is 0 Å². The Kier molecular flexibility index (Phi) is 4.51. The molecule has 0 aromatic heterocycles. The highest BCUT2D eigenvalue weighted by molar-refractivity contribution is 6.01. The second kappa shape index (κ2) is 6.73. The van der Waals surface area contributed by atoms with Crippen LogP contribution in [0.3, 0.4) is 0 Å². The first-order chi connectivity index (χ1) is 11.1. The van der Waals surface area contributed by atoms with Crippen LogP contribution in [-0.4, -0.2) is 35.5 Å². The summed E-state index contributed by atoms with van der Waals surface area (Å²) in [5.74, 6) is 0.158. The van der Waals surface area contributed by atoms with Gasteiger partial charge >= 0.3 is 0 Å². The van der Waals surface area contributed by atoms with E-state index in [1.165, 1.54) is 0 Å². The van der Waals surface area contributed by atoms with Gasteiger partial charge in [0.2, 0.25) is 5.91 Å². The van der Waals surface area contributed by atoms with E-state index in [1.807, 2.05) is 42.5 Å². The summed E-state index contributed by atoms with van der Waals surface area (Å²) < 4.78 is 0. The number of hydrogen-bond acceptors (Lipinski definition) is 3. The largest absolute Gasteiger partial charge is 0.342 e. The van der Waals surface area contributed by atoms with Gasteiger partial charge in [-0.3, -0.25) is 14.4 Å². The van der Waals surface area contributed by atoms with Crippen molar-refractivity contribution in [2.24, 2.45) is 0 Å². The van der Waals surface area contributed by atoms with Crippen molar-refractivity contribution in [2.75, 3.05) is 13.1 Å². The maximum atomic E-state index is 12.3. The van der Waals surface area contributed by atoms with Crippen molar-refractivity contribution in [3.05, 3.63) is 48.0 Å². The summed E-state index contributed by atoms with van der Waals surface area (Å²) in [6.45, 7) is 0.976. The van der Waals surface area contributed by atoms with Crippen LogP contribution in [-0.2, 0) is 9.59 Å². The third kappa shape index (κ3) is 3.65. The molecular formula is C19H19NO3. The van der Waals surface area contributed by atoms with Gasteiger partial charge in [-0.15, -0.1) is 0 Å². The smallest absolute Gasteiger partial charge is 0.223 e. The quantitative estimate of drug-likeness (QED) is 0.816. The SMILES string of the molecule is O=C1CCN(C(=O)CCC(=O)c2ccc3ccccc3c2)CC1. The van der Waals surface area contributed by atoms with Crippen LogP contribution in [0.5, 0.6) is 0 Å². The molecule has 1 aliphatic heterocycles. The fourth-order valence-corrected chi connectivity index (χ4v) is 2.89. The summed E-state index contributed by atoms with van der Waals surface area (Å²) in [6.07, 6.45) is 1.29. The molecule has 2 aromatic carbocycles. The Morgan fingerprint density at radius 2 is 1.61 bits per heavy atom. The normalized spacial score (nSPS) is 15.0. The van der Waals surface area contributed by atoms with E-state index in [4.69, 9.17) is 0 Å². The number of nitrogens with zero attached hydrogens (tertiary/aromatic N) is 1. The molecule has 4 nitrogen and oxygen atoms in total. The van der Waals surface area contributed by atoms with Crippen LogP contribution in [0.15, 0.2) is 42.5 Å². The molecule has 4 heteroatoms. The number of rotatable bonds is 4. The molecule has 0 saturated carbocycles. The van der Waals surface area contributed by atoms with Crippen molar-refractivity contribution in [3.8, 4) is 0 Å². The van der Waals surface area contributed by atoms with E-state index in [2.05, 4.69) is 0 Å². The second-order valence-electron chi connectivity index (χ2n) is 5.90. The maximum Gasteiger partial charge on any atom is 0.223 e. The number of amides is 1. The number of hydrogen-bond donors (Lipinski definition) is 0. The minimum Gasteiger partial charge on any atom is -0.342 e. The Hall–Kier alpha value is -2.49. The van der Waals surface area contributed by atoms with E-state index in [0.717, 1.165) is 10.8 Å². The molecule has 1 amide bonds. The number of piperidine rings is 1. The lowest BCUT2D eigenvalue weighted by Crippen LogP contribution is -2.38. The first-order valence-electron chi connectivity index (χ1n) is 7.95. The van der Waals surface area contributed by atoms with Gasteiger partial charge in [-0.1, -0.05) is 36.4 Å². The molecule has 1 aliphatic rings. The van der Waals surface area contributed by atoms with Crippen LogP contribution < -0.4 is 0 Å². The molecule has 23 heavy (non-hydrogen) atoms. The Labute approximate surface area is 135 Å². The van der Waals surface area contributed by atoms with Crippen molar-refractivity contribution < 1.29 is 14.4 Å². The number of likely N-dealkylation sites (tertiary alicyclic amines) is 1. The third-order valence-corrected chi connectivity index (χ3v) is 4.31. The summed E-state index contributed by atoms with van der Waals surface area (Å²) >= 11 is 0. The van der Waals surface area contributed by atoms with Gasteiger partial charge in [0.1, 0.15) is 5.78 Å². The average molecular weight is 309 g/mol. The number of Topliss-reactive ketones (excluding diaryl/α,β-unsaturated/α-hetero) is 2.